The minimum Gasteiger partial charge on any atom is -0.408 e. The van der Waals surface area contributed by atoms with Crippen molar-refractivity contribution in [2.75, 3.05) is 5.32 Å². The van der Waals surface area contributed by atoms with Gasteiger partial charge in [-0.25, -0.2) is 4.79 Å². The smallest absolute Gasteiger partial charge is 0.408 e. The van der Waals surface area contributed by atoms with Crippen LogP contribution in [0.4, 0.5) is 5.69 Å². The SMILES string of the molecule is CC(=O)C(=O)Nc1ccc2oc(=O)n(C)c2c1. The van der Waals surface area contributed by atoms with Gasteiger partial charge in [0.1, 0.15) is 0 Å². The minimum atomic E-state index is -0.696. The van der Waals surface area contributed by atoms with E-state index in [0.717, 1.165) is 0 Å². The molecule has 2 rings (SSSR count). The number of rotatable bonds is 2. The van der Waals surface area contributed by atoms with Crippen LogP contribution in [0.25, 0.3) is 11.1 Å². The van der Waals surface area contributed by atoms with Crippen LogP contribution in [0.5, 0.6) is 0 Å². The van der Waals surface area contributed by atoms with Gasteiger partial charge in [-0.2, -0.15) is 0 Å². The average molecular weight is 234 g/mol. The van der Waals surface area contributed by atoms with Crippen LogP contribution >= 0.6 is 0 Å². The molecule has 0 atom stereocenters. The van der Waals surface area contributed by atoms with Crippen molar-refractivity contribution in [1.29, 1.82) is 0 Å². The molecule has 0 spiro atoms. The highest BCUT2D eigenvalue weighted by Crippen LogP contribution is 2.17. The van der Waals surface area contributed by atoms with Gasteiger partial charge < -0.3 is 9.73 Å². The van der Waals surface area contributed by atoms with E-state index in [2.05, 4.69) is 5.32 Å². The second kappa shape index (κ2) is 3.89. The first-order chi connectivity index (χ1) is 7.99. The highest BCUT2D eigenvalue weighted by atomic mass is 16.4. The number of oxazole rings is 1. The number of nitrogens with zero attached hydrogens (tertiary/aromatic N) is 1. The van der Waals surface area contributed by atoms with E-state index >= 15 is 0 Å². The number of fused-ring (bicyclic) bond motifs is 1. The second-order valence-electron chi connectivity index (χ2n) is 3.62. The van der Waals surface area contributed by atoms with Crippen LogP contribution in [-0.4, -0.2) is 16.3 Å². The molecule has 0 bridgehead atoms. The third-order valence-electron chi connectivity index (χ3n) is 2.37. The Kier molecular flexibility index (Phi) is 2.55. The van der Waals surface area contributed by atoms with E-state index in [-0.39, 0.29) is 0 Å². The molecule has 0 unspecified atom stereocenters. The van der Waals surface area contributed by atoms with Crippen LogP contribution in [0, 0.1) is 0 Å². The van der Waals surface area contributed by atoms with Crippen molar-refractivity contribution in [3.8, 4) is 0 Å². The maximum Gasteiger partial charge on any atom is 0.419 e. The van der Waals surface area contributed by atoms with Gasteiger partial charge in [0.05, 0.1) is 5.52 Å². The summed E-state index contributed by atoms with van der Waals surface area (Å²) in [7, 11) is 1.56. The summed E-state index contributed by atoms with van der Waals surface area (Å²) in [6, 6.07) is 4.69. The molecule has 1 amide bonds. The van der Waals surface area contributed by atoms with Crippen LogP contribution < -0.4 is 11.1 Å². The van der Waals surface area contributed by atoms with E-state index in [0.29, 0.717) is 16.8 Å². The topological polar surface area (TPSA) is 81.3 Å². The van der Waals surface area contributed by atoms with Gasteiger partial charge in [-0.3, -0.25) is 14.2 Å². The predicted molar refractivity (Wildman–Crippen MR) is 60.8 cm³/mol. The van der Waals surface area contributed by atoms with E-state index in [1.54, 1.807) is 25.2 Å². The normalized spacial score (nSPS) is 10.5. The highest BCUT2D eigenvalue weighted by Gasteiger charge is 2.10. The molecule has 1 heterocycles. The Morgan fingerprint density at radius 3 is 2.71 bits per heavy atom. The molecule has 17 heavy (non-hydrogen) atoms. The summed E-state index contributed by atoms with van der Waals surface area (Å²) in [6.45, 7) is 1.18. The van der Waals surface area contributed by atoms with E-state index < -0.39 is 17.4 Å². The van der Waals surface area contributed by atoms with Gasteiger partial charge >= 0.3 is 5.76 Å². The van der Waals surface area contributed by atoms with Crippen LogP contribution in [0.3, 0.4) is 0 Å². The zero-order valence-electron chi connectivity index (χ0n) is 9.31. The Morgan fingerprint density at radius 2 is 2.06 bits per heavy atom. The number of hydrogen-bond donors (Lipinski definition) is 1. The van der Waals surface area contributed by atoms with Gasteiger partial charge in [-0.05, 0) is 18.2 Å². The second-order valence-corrected chi connectivity index (χ2v) is 3.62. The zero-order valence-corrected chi connectivity index (χ0v) is 9.31. The van der Waals surface area contributed by atoms with Crippen molar-refractivity contribution in [2.45, 2.75) is 6.92 Å². The number of hydrogen-bond acceptors (Lipinski definition) is 4. The number of Topliss-reactive ketones (excluding diaryl/α,β-unsaturated/α-hetero) is 1. The molecule has 6 nitrogen and oxygen atoms in total. The highest BCUT2D eigenvalue weighted by molar-refractivity contribution is 6.39. The third kappa shape index (κ3) is 1.96. The summed E-state index contributed by atoms with van der Waals surface area (Å²) < 4.78 is 6.25. The average Bonchev–Trinajstić information content (AvgIpc) is 2.55. The van der Waals surface area contributed by atoms with Crippen molar-refractivity contribution >= 4 is 28.5 Å². The molecule has 0 fully saturated rings. The van der Waals surface area contributed by atoms with Gasteiger partial charge in [0.25, 0.3) is 5.91 Å². The van der Waals surface area contributed by atoms with E-state index in [9.17, 15) is 14.4 Å². The minimum absolute atomic E-state index is 0.429. The molecule has 88 valence electrons. The molecule has 2 aromatic rings. The van der Waals surface area contributed by atoms with Crippen LogP contribution in [0.1, 0.15) is 6.92 Å². The summed E-state index contributed by atoms with van der Waals surface area (Å²) in [5, 5.41) is 2.42. The number of ketones is 1. The van der Waals surface area contributed by atoms with Gasteiger partial charge in [0, 0.05) is 19.7 Å². The van der Waals surface area contributed by atoms with Crippen LogP contribution in [0.2, 0.25) is 0 Å². The first-order valence-electron chi connectivity index (χ1n) is 4.90. The van der Waals surface area contributed by atoms with E-state index in [1.165, 1.54) is 11.5 Å². The largest absolute Gasteiger partial charge is 0.419 e. The van der Waals surface area contributed by atoms with Crippen molar-refractivity contribution in [2.24, 2.45) is 7.05 Å². The number of carbonyl (C=O) groups excluding carboxylic acids is 2. The maximum atomic E-state index is 11.2. The Labute approximate surface area is 95.8 Å². The number of benzene rings is 1. The van der Waals surface area contributed by atoms with Crippen molar-refractivity contribution in [1.82, 2.24) is 4.57 Å². The molecule has 0 aliphatic heterocycles. The summed E-state index contributed by atoms with van der Waals surface area (Å²) >= 11 is 0. The lowest BCUT2D eigenvalue weighted by Crippen LogP contribution is -2.19. The molecular formula is C11H10N2O4. The van der Waals surface area contributed by atoms with E-state index in [1.807, 2.05) is 0 Å². The summed E-state index contributed by atoms with van der Waals surface area (Å²) in [5.74, 6) is -1.75. The van der Waals surface area contributed by atoms with Crippen molar-refractivity contribution in [3.05, 3.63) is 28.7 Å². The molecule has 0 saturated carbocycles. The van der Waals surface area contributed by atoms with Crippen LogP contribution in [0.15, 0.2) is 27.4 Å². The van der Waals surface area contributed by atoms with Gasteiger partial charge in [-0.15, -0.1) is 0 Å². The fourth-order valence-electron chi connectivity index (χ4n) is 1.42. The number of aromatic nitrogens is 1. The van der Waals surface area contributed by atoms with Crippen molar-refractivity contribution in [3.63, 3.8) is 0 Å². The van der Waals surface area contributed by atoms with Gasteiger partial charge in [0.2, 0.25) is 5.78 Å². The number of carbonyl (C=O) groups is 2. The number of nitrogens with one attached hydrogen (secondary N) is 1. The predicted octanol–water partition coefficient (Wildman–Crippen LogP) is 0.659. The summed E-state index contributed by atoms with van der Waals surface area (Å²) in [6.07, 6.45) is 0. The fraction of sp³-hybridized carbons (Fsp3) is 0.182. The molecule has 0 saturated heterocycles. The number of aryl methyl sites for hydroxylation is 1. The molecule has 1 aromatic carbocycles. The maximum absolute atomic E-state index is 11.2. The number of anilines is 1. The summed E-state index contributed by atoms with van der Waals surface area (Å²) in [5.41, 5.74) is 1.42. The molecule has 0 radical (unpaired) electrons. The monoisotopic (exact) mass is 234 g/mol. The lowest BCUT2D eigenvalue weighted by Gasteiger charge is -2.02. The number of amides is 1. The first kappa shape index (κ1) is 11.1. The van der Waals surface area contributed by atoms with E-state index in [4.69, 9.17) is 4.42 Å². The third-order valence-corrected chi connectivity index (χ3v) is 2.37. The first-order valence-corrected chi connectivity index (χ1v) is 4.90. The van der Waals surface area contributed by atoms with Crippen molar-refractivity contribution < 1.29 is 14.0 Å². The standard InChI is InChI=1S/C11H10N2O4/c1-6(14)10(15)12-7-3-4-9-8(5-7)13(2)11(16)17-9/h3-5H,1-2H3,(H,12,15). The van der Waals surface area contributed by atoms with Crippen LogP contribution in [-0.2, 0) is 16.6 Å². The lowest BCUT2D eigenvalue weighted by molar-refractivity contribution is -0.133. The Hall–Kier alpha value is -2.37. The molecular weight excluding hydrogens is 224 g/mol. The van der Waals surface area contributed by atoms with Gasteiger partial charge in [0.15, 0.2) is 5.58 Å². The molecule has 1 aromatic heterocycles. The molecule has 1 N–H and O–H groups in total. The molecule has 0 aliphatic rings. The zero-order chi connectivity index (χ0) is 12.6. The lowest BCUT2D eigenvalue weighted by atomic mass is 10.2. The summed E-state index contributed by atoms with van der Waals surface area (Å²) in [4.78, 5) is 33.2. The Balaban J connectivity index is 2.44. The Bertz CT molecular complexity index is 666. The molecule has 0 aliphatic carbocycles. The fourth-order valence-corrected chi connectivity index (χ4v) is 1.42. The quantitative estimate of drug-likeness (QED) is 0.774. The molecule has 6 heteroatoms. The Morgan fingerprint density at radius 1 is 1.35 bits per heavy atom. The van der Waals surface area contributed by atoms with Gasteiger partial charge in [-0.1, -0.05) is 0 Å².